The summed E-state index contributed by atoms with van der Waals surface area (Å²) in [7, 11) is 0. The predicted octanol–water partition coefficient (Wildman–Crippen LogP) is 3.56. The summed E-state index contributed by atoms with van der Waals surface area (Å²) < 4.78 is 0. The Labute approximate surface area is 97.3 Å². The van der Waals surface area contributed by atoms with E-state index in [0.29, 0.717) is 5.56 Å². The zero-order chi connectivity index (χ0) is 12.3. The highest BCUT2D eigenvalue weighted by Gasteiger charge is 2.04. The maximum atomic E-state index is 10.8. The van der Waals surface area contributed by atoms with Gasteiger partial charge in [-0.25, -0.2) is 0 Å². The molecule has 0 unspecified atom stereocenters. The van der Waals surface area contributed by atoms with Gasteiger partial charge in [0.2, 0.25) is 5.91 Å². The summed E-state index contributed by atoms with van der Waals surface area (Å²) in [5, 5.41) is 0. The van der Waals surface area contributed by atoms with E-state index in [0.717, 1.165) is 4.90 Å². The molecule has 0 bridgehead atoms. The molecular weight excluding hydrogens is 206 g/mol. The molecule has 0 saturated carbocycles. The van der Waals surface area contributed by atoms with Crippen molar-refractivity contribution in [2.24, 2.45) is 5.73 Å². The van der Waals surface area contributed by atoms with Gasteiger partial charge in [-0.15, -0.1) is 11.8 Å². The highest BCUT2D eigenvalue weighted by molar-refractivity contribution is 7.98. The fraction of sp³-hybridized carbons (Fsp3) is 0.417. The van der Waals surface area contributed by atoms with Crippen LogP contribution in [-0.2, 0) is 0 Å². The van der Waals surface area contributed by atoms with Crippen molar-refractivity contribution in [1.82, 2.24) is 0 Å². The molecule has 0 saturated heterocycles. The minimum atomic E-state index is -0.366. The molecule has 2 N–H and O–H groups in total. The second-order valence-electron chi connectivity index (χ2n) is 2.06. The van der Waals surface area contributed by atoms with Crippen molar-refractivity contribution in [2.45, 2.75) is 32.6 Å². The molecule has 0 fully saturated rings. The molecular formula is C12H21NOS. The van der Waals surface area contributed by atoms with Crippen LogP contribution in [0.4, 0.5) is 0 Å². The summed E-state index contributed by atoms with van der Waals surface area (Å²) in [5.41, 5.74) is 5.74. The molecule has 1 aromatic carbocycles. The molecule has 0 atom stereocenters. The molecule has 0 heterocycles. The van der Waals surface area contributed by atoms with Crippen molar-refractivity contribution in [2.75, 3.05) is 6.26 Å². The number of nitrogens with two attached hydrogens (primary N) is 1. The van der Waals surface area contributed by atoms with Crippen molar-refractivity contribution >= 4 is 17.7 Å². The lowest BCUT2D eigenvalue weighted by atomic mass is 10.2. The van der Waals surface area contributed by atoms with E-state index in [-0.39, 0.29) is 5.91 Å². The lowest BCUT2D eigenvalue weighted by molar-refractivity contribution is 0.0997. The number of benzene rings is 1. The molecule has 0 aromatic heterocycles. The number of hydrogen-bond donors (Lipinski definition) is 1. The van der Waals surface area contributed by atoms with Crippen LogP contribution in [0.15, 0.2) is 29.2 Å². The summed E-state index contributed by atoms with van der Waals surface area (Å²) in [5.74, 6) is -0.366. The molecule has 15 heavy (non-hydrogen) atoms. The average molecular weight is 227 g/mol. The van der Waals surface area contributed by atoms with Crippen LogP contribution in [0.2, 0.25) is 0 Å². The molecule has 0 aliphatic heterocycles. The van der Waals surface area contributed by atoms with E-state index in [9.17, 15) is 4.79 Å². The zero-order valence-corrected chi connectivity index (χ0v) is 11.0. The van der Waals surface area contributed by atoms with E-state index in [1.807, 2.05) is 46.1 Å². The van der Waals surface area contributed by atoms with Crippen LogP contribution in [0.3, 0.4) is 0 Å². The number of thioether (sulfide) groups is 1. The normalized spacial score (nSPS) is 7.80. The highest BCUT2D eigenvalue weighted by Crippen LogP contribution is 2.18. The van der Waals surface area contributed by atoms with Crippen LogP contribution < -0.4 is 5.73 Å². The van der Waals surface area contributed by atoms with E-state index in [2.05, 4.69) is 0 Å². The van der Waals surface area contributed by atoms with Crippen LogP contribution in [0.5, 0.6) is 0 Å². The summed E-state index contributed by atoms with van der Waals surface area (Å²) >= 11 is 1.52. The third-order valence-corrected chi connectivity index (χ3v) is 2.17. The Hall–Kier alpha value is -0.960. The molecule has 86 valence electrons. The molecule has 0 radical (unpaired) electrons. The molecule has 0 aliphatic rings. The standard InChI is InChI=1S/C8H9NOS.2C2H6/c1-11-7-5-3-2-4-6(7)8(9)10;2*1-2/h2-5H,1H3,(H2,9,10);2*1-2H3. The lowest BCUT2D eigenvalue weighted by Gasteiger charge is -2.00. The van der Waals surface area contributed by atoms with E-state index in [1.54, 1.807) is 12.1 Å². The number of rotatable bonds is 2. The summed E-state index contributed by atoms with van der Waals surface area (Å²) in [6.07, 6.45) is 1.92. The summed E-state index contributed by atoms with van der Waals surface area (Å²) in [6, 6.07) is 7.30. The number of primary amides is 1. The van der Waals surface area contributed by atoms with Gasteiger partial charge < -0.3 is 5.73 Å². The van der Waals surface area contributed by atoms with Gasteiger partial charge >= 0.3 is 0 Å². The third-order valence-electron chi connectivity index (χ3n) is 1.37. The van der Waals surface area contributed by atoms with Gasteiger partial charge in [0.05, 0.1) is 5.56 Å². The zero-order valence-electron chi connectivity index (χ0n) is 10.2. The van der Waals surface area contributed by atoms with Crippen molar-refractivity contribution < 1.29 is 4.79 Å². The van der Waals surface area contributed by atoms with Crippen LogP contribution in [0, 0.1) is 0 Å². The second-order valence-corrected chi connectivity index (χ2v) is 2.91. The second kappa shape index (κ2) is 11.1. The summed E-state index contributed by atoms with van der Waals surface area (Å²) in [6.45, 7) is 8.00. The molecule has 1 rings (SSSR count). The van der Waals surface area contributed by atoms with Gasteiger partial charge in [0.25, 0.3) is 0 Å². The molecule has 2 nitrogen and oxygen atoms in total. The van der Waals surface area contributed by atoms with Crippen LogP contribution in [-0.4, -0.2) is 12.2 Å². The first kappa shape index (κ1) is 16.5. The first-order chi connectivity index (χ1) is 7.25. The number of carbonyl (C=O) groups is 1. The van der Waals surface area contributed by atoms with Gasteiger partial charge in [-0.1, -0.05) is 39.8 Å². The number of carbonyl (C=O) groups excluding carboxylic acids is 1. The van der Waals surface area contributed by atoms with E-state index >= 15 is 0 Å². The maximum Gasteiger partial charge on any atom is 0.249 e. The molecule has 1 aromatic rings. The van der Waals surface area contributed by atoms with Crippen LogP contribution >= 0.6 is 11.8 Å². The van der Waals surface area contributed by atoms with Gasteiger partial charge in [-0.2, -0.15) is 0 Å². The van der Waals surface area contributed by atoms with Crippen LogP contribution in [0.1, 0.15) is 38.1 Å². The quantitative estimate of drug-likeness (QED) is 0.785. The highest BCUT2D eigenvalue weighted by atomic mass is 32.2. The topological polar surface area (TPSA) is 43.1 Å². The molecule has 1 amide bonds. The Bertz CT molecular complexity index is 274. The lowest BCUT2D eigenvalue weighted by Crippen LogP contribution is -2.11. The first-order valence-electron chi connectivity index (χ1n) is 5.18. The van der Waals surface area contributed by atoms with Gasteiger partial charge in [0.15, 0.2) is 0 Å². The van der Waals surface area contributed by atoms with Crippen molar-refractivity contribution in [1.29, 1.82) is 0 Å². The van der Waals surface area contributed by atoms with E-state index in [1.165, 1.54) is 11.8 Å². The third kappa shape index (κ3) is 6.18. The molecule has 0 aliphatic carbocycles. The molecule has 0 spiro atoms. The van der Waals surface area contributed by atoms with Gasteiger partial charge in [0, 0.05) is 4.90 Å². The van der Waals surface area contributed by atoms with Crippen molar-refractivity contribution in [3.8, 4) is 0 Å². The Morgan fingerprint density at radius 1 is 1.13 bits per heavy atom. The van der Waals surface area contributed by atoms with Crippen molar-refractivity contribution in [3.05, 3.63) is 29.8 Å². The van der Waals surface area contributed by atoms with Gasteiger partial charge in [0.1, 0.15) is 0 Å². The Morgan fingerprint density at radius 3 is 1.93 bits per heavy atom. The Balaban J connectivity index is 0. The monoisotopic (exact) mass is 227 g/mol. The fourth-order valence-corrected chi connectivity index (χ4v) is 1.45. The SMILES string of the molecule is CC.CC.CSc1ccccc1C(N)=O. The van der Waals surface area contributed by atoms with Gasteiger partial charge in [-0.3, -0.25) is 4.79 Å². The number of hydrogen-bond acceptors (Lipinski definition) is 2. The smallest absolute Gasteiger partial charge is 0.249 e. The number of amides is 1. The largest absolute Gasteiger partial charge is 0.366 e. The van der Waals surface area contributed by atoms with E-state index in [4.69, 9.17) is 5.73 Å². The fourth-order valence-electron chi connectivity index (χ4n) is 0.848. The molecule has 3 heteroatoms. The predicted molar refractivity (Wildman–Crippen MR) is 69.4 cm³/mol. The van der Waals surface area contributed by atoms with Crippen LogP contribution in [0.25, 0.3) is 0 Å². The maximum absolute atomic E-state index is 10.8. The minimum Gasteiger partial charge on any atom is -0.366 e. The average Bonchev–Trinajstić information content (AvgIpc) is 2.34. The van der Waals surface area contributed by atoms with Gasteiger partial charge in [-0.05, 0) is 18.4 Å². The minimum absolute atomic E-state index is 0.366. The van der Waals surface area contributed by atoms with Crippen molar-refractivity contribution in [3.63, 3.8) is 0 Å². The first-order valence-corrected chi connectivity index (χ1v) is 6.41. The Morgan fingerprint density at radius 2 is 1.60 bits per heavy atom. The Kier molecular flexibility index (Phi) is 12.2. The van der Waals surface area contributed by atoms with E-state index < -0.39 is 0 Å². The summed E-state index contributed by atoms with van der Waals surface area (Å²) in [4.78, 5) is 11.7.